The maximum atomic E-state index is 14.0. The van der Waals surface area contributed by atoms with Gasteiger partial charge in [0.2, 0.25) is 0 Å². The number of aryl methyl sites for hydroxylation is 1. The largest absolute Gasteiger partial charge is 0.304 e. The van der Waals surface area contributed by atoms with Gasteiger partial charge in [-0.1, -0.05) is 46.3 Å². The minimum absolute atomic E-state index is 0.0438. The molecule has 0 saturated carbocycles. The van der Waals surface area contributed by atoms with Crippen molar-refractivity contribution in [3.63, 3.8) is 0 Å². The van der Waals surface area contributed by atoms with Crippen molar-refractivity contribution in [3.8, 4) is 0 Å². The molecule has 1 N–H and O–H groups in total. The van der Waals surface area contributed by atoms with E-state index < -0.39 is 0 Å². The second kappa shape index (κ2) is 6.51. The van der Waals surface area contributed by atoms with Crippen LogP contribution in [-0.4, -0.2) is 0 Å². The third kappa shape index (κ3) is 3.47. The Hall–Kier alpha value is -1.19. The van der Waals surface area contributed by atoms with Crippen molar-refractivity contribution >= 4 is 15.9 Å². The first-order valence-electron chi connectivity index (χ1n) is 6.75. The van der Waals surface area contributed by atoms with E-state index in [4.69, 9.17) is 0 Å². The van der Waals surface area contributed by atoms with Crippen molar-refractivity contribution in [2.45, 2.75) is 32.9 Å². The summed E-state index contributed by atoms with van der Waals surface area (Å²) in [6.07, 6.45) is 0. The fourth-order valence-corrected chi connectivity index (χ4v) is 2.81. The first kappa shape index (κ1) is 15.2. The van der Waals surface area contributed by atoms with Gasteiger partial charge in [-0.05, 0) is 44.0 Å². The Balaban J connectivity index is 2.15. The van der Waals surface area contributed by atoms with Crippen LogP contribution >= 0.6 is 15.9 Å². The van der Waals surface area contributed by atoms with Gasteiger partial charge in [0.15, 0.2) is 0 Å². The Morgan fingerprint density at radius 3 is 2.30 bits per heavy atom. The Kier molecular flexibility index (Phi) is 4.95. The van der Waals surface area contributed by atoms with Gasteiger partial charge >= 0.3 is 0 Å². The van der Waals surface area contributed by atoms with Gasteiger partial charge in [0.05, 0.1) is 0 Å². The van der Waals surface area contributed by atoms with E-state index in [9.17, 15) is 4.39 Å². The second-order valence-electron chi connectivity index (χ2n) is 5.13. The number of halogens is 2. The highest BCUT2D eigenvalue weighted by atomic mass is 79.9. The number of hydrogen-bond donors (Lipinski definition) is 1. The lowest BCUT2D eigenvalue weighted by atomic mass is 10.0. The van der Waals surface area contributed by atoms with Crippen molar-refractivity contribution < 1.29 is 4.39 Å². The van der Waals surface area contributed by atoms with Crippen LogP contribution in [0, 0.1) is 12.7 Å². The van der Waals surface area contributed by atoms with Gasteiger partial charge in [-0.3, -0.25) is 0 Å². The standard InChI is InChI=1S/C17H19BrFN/c1-11-6-4-5-7-15(11)12(2)20-13(3)16-9-8-14(18)10-17(16)19/h4-10,12-13,20H,1-3H3. The average Bonchev–Trinajstić information content (AvgIpc) is 2.38. The van der Waals surface area contributed by atoms with E-state index in [1.807, 2.05) is 31.2 Å². The van der Waals surface area contributed by atoms with Gasteiger partial charge in [0, 0.05) is 22.1 Å². The predicted octanol–water partition coefficient (Wildman–Crippen LogP) is 5.31. The van der Waals surface area contributed by atoms with Crippen LogP contribution in [0.3, 0.4) is 0 Å². The molecule has 2 aromatic rings. The van der Waals surface area contributed by atoms with E-state index in [2.05, 4.69) is 47.2 Å². The maximum Gasteiger partial charge on any atom is 0.129 e. The molecule has 0 spiro atoms. The molecule has 2 aromatic carbocycles. The van der Waals surface area contributed by atoms with Gasteiger partial charge in [-0.2, -0.15) is 0 Å². The summed E-state index contributed by atoms with van der Waals surface area (Å²) in [6, 6.07) is 13.6. The zero-order chi connectivity index (χ0) is 14.7. The molecule has 20 heavy (non-hydrogen) atoms. The Labute approximate surface area is 128 Å². The van der Waals surface area contributed by atoms with Crippen LogP contribution in [0.2, 0.25) is 0 Å². The Morgan fingerprint density at radius 2 is 1.65 bits per heavy atom. The molecular formula is C17H19BrFN. The summed E-state index contributed by atoms with van der Waals surface area (Å²) in [4.78, 5) is 0. The smallest absolute Gasteiger partial charge is 0.129 e. The quantitative estimate of drug-likeness (QED) is 0.798. The topological polar surface area (TPSA) is 12.0 Å². The molecule has 0 saturated heterocycles. The highest BCUT2D eigenvalue weighted by Gasteiger charge is 2.15. The summed E-state index contributed by atoms with van der Waals surface area (Å²) in [5, 5.41) is 3.46. The first-order valence-corrected chi connectivity index (χ1v) is 7.55. The van der Waals surface area contributed by atoms with Crippen molar-refractivity contribution in [3.05, 3.63) is 69.4 Å². The molecule has 1 nitrogen and oxygen atoms in total. The van der Waals surface area contributed by atoms with E-state index in [0.717, 1.165) is 4.47 Å². The molecule has 0 aromatic heterocycles. The van der Waals surface area contributed by atoms with Crippen molar-refractivity contribution in [2.24, 2.45) is 0 Å². The lowest BCUT2D eigenvalue weighted by molar-refractivity contribution is 0.472. The van der Waals surface area contributed by atoms with Gasteiger partial charge in [0.1, 0.15) is 5.82 Å². The Bertz CT molecular complexity index is 597. The SMILES string of the molecule is Cc1ccccc1C(C)NC(C)c1ccc(Br)cc1F. The van der Waals surface area contributed by atoms with E-state index in [-0.39, 0.29) is 17.9 Å². The van der Waals surface area contributed by atoms with E-state index in [1.54, 1.807) is 0 Å². The first-order chi connectivity index (χ1) is 9.49. The monoisotopic (exact) mass is 335 g/mol. The summed E-state index contributed by atoms with van der Waals surface area (Å²) in [6.45, 7) is 6.19. The summed E-state index contributed by atoms with van der Waals surface area (Å²) in [5.74, 6) is -0.184. The minimum Gasteiger partial charge on any atom is -0.304 e. The molecule has 106 valence electrons. The number of rotatable bonds is 4. The molecule has 0 bridgehead atoms. The van der Waals surface area contributed by atoms with E-state index in [0.29, 0.717) is 5.56 Å². The second-order valence-corrected chi connectivity index (χ2v) is 6.05. The molecule has 0 heterocycles. The molecular weight excluding hydrogens is 317 g/mol. The van der Waals surface area contributed by atoms with Crippen LogP contribution in [0.1, 0.15) is 42.6 Å². The molecule has 0 aliphatic carbocycles. The van der Waals surface area contributed by atoms with Crippen molar-refractivity contribution in [1.29, 1.82) is 0 Å². The van der Waals surface area contributed by atoms with Gasteiger partial charge in [-0.25, -0.2) is 4.39 Å². The number of nitrogens with one attached hydrogen (secondary N) is 1. The van der Waals surface area contributed by atoms with Crippen LogP contribution in [0.4, 0.5) is 4.39 Å². The molecule has 0 aliphatic heterocycles. The normalized spacial score (nSPS) is 14.1. The summed E-state index contributed by atoms with van der Waals surface area (Å²) >= 11 is 3.28. The third-order valence-corrected chi connectivity index (χ3v) is 4.08. The van der Waals surface area contributed by atoms with Gasteiger partial charge in [0.25, 0.3) is 0 Å². The maximum absolute atomic E-state index is 14.0. The summed E-state index contributed by atoms with van der Waals surface area (Å²) in [7, 11) is 0. The summed E-state index contributed by atoms with van der Waals surface area (Å²) < 4.78 is 14.7. The van der Waals surface area contributed by atoms with Crippen LogP contribution in [0.5, 0.6) is 0 Å². The van der Waals surface area contributed by atoms with E-state index >= 15 is 0 Å². The fraction of sp³-hybridized carbons (Fsp3) is 0.294. The zero-order valence-electron chi connectivity index (χ0n) is 12.0. The summed E-state index contributed by atoms with van der Waals surface area (Å²) in [5.41, 5.74) is 3.18. The van der Waals surface area contributed by atoms with Crippen LogP contribution in [-0.2, 0) is 0 Å². The molecule has 0 fully saturated rings. The molecule has 0 aliphatic rings. The lowest BCUT2D eigenvalue weighted by Crippen LogP contribution is -2.23. The third-order valence-electron chi connectivity index (χ3n) is 3.58. The lowest BCUT2D eigenvalue weighted by Gasteiger charge is -2.22. The average molecular weight is 336 g/mol. The number of hydrogen-bond acceptors (Lipinski definition) is 1. The molecule has 0 radical (unpaired) electrons. The van der Waals surface area contributed by atoms with Crippen LogP contribution < -0.4 is 5.32 Å². The Morgan fingerprint density at radius 1 is 1.00 bits per heavy atom. The van der Waals surface area contributed by atoms with Gasteiger partial charge < -0.3 is 5.32 Å². The fourth-order valence-electron chi connectivity index (χ4n) is 2.48. The molecule has 3 heteroatoms. The highest BCUT2D eigenvalue weighted by Crippen LogP contribution is 2.25. The van der Waals surface area contributed by atoms with Crippen LogP contribution in [0.25, 0.3) is 0 Å². The zero-order valence-corrected chi connectivity index (χ0v) is 13.5. The van der Waals surface area contributed by atoms with E-state index in [1.165, 1.54) is 17.2 Å². The molecule has 2 rings (SSSR count). The van der Waals surface area contributed by atoms with Gasteiger partial charge in [-0.15, -0.1) is 0 Å². The molecule has 0 amide bonds. The number of benzene rings is 2. The molecule has 2 atom stereocenters. The molecule has 2 unspecified atom stereocenters. The van der Waals surface area contributed by atoms with Crippen molar-refractivity contribution in [2.75, 3.05) is 0 Å². The van der Waals surface area contributed by atoms with Crippen molar-refractivity contribution in [1.82, 2.24) is 5.32 Å². The minimum atomic E-state index is -0.184. The highest BCUT2D eigenvalue weighted by molar-refractivity contribution is 9.10. The predicted molar refractivity (Wildman–Crippen MR) is 85.2 cm³/mol. The van der Waals surface area contributed by atoms with Crippen LogP contribution in [0.15, 0.2) is 46.9 Å².